The van der Waals surface area contributed by atoms with E-state index >= 15 is 0 Å². The molecule has 1 saturated heterocycles. The standard InChI is InChI=1S/C11H12BrN/c12-9-4-3-8-6-10-2-1-5-13(10)11(8)7-9/h3-4,7,10H,1-2,5-6H2. The van der Waals surface area contributed by atoms with E-state index in [-0.39, 0.29) is 0 Å². The fourth-order valence-electron chi connectivity index (χ4n) is 2.60. The molecule has 1 atom stereocenters. The van der Waals surface area contributed by atoms with E-state index in [0.29, 0.717) is 0 Å². The Labute approximate surface area is 86.9 Å². The molecule has 1 nitrogen and oxygen atoms in total. The molecule has 0 saturated carbocycles. The van der Waals surface area contributed by atoms with Gasteiger partial charge >= 0.3 is 0 Å². The number of benzene rings is 1. The molecule has 2 heterocycles. The second-order valence-electron chi connectivity index (χ2n) is 3.97. The Morgan fingerprint density at radius 1 is 1.38 bits per heavy atom. The molecule has 1 aromatic rings. The average Bonchev–Trinajstić information content (AvgIpc) is 2.64. The van der Waals surface area contributed by atoms with Crippen molar-refractivity contribution in [1.82, 2.24) is 0 Å². The Morgan fingerprint density at radius 2 is 2.31 bits per heavy atom. The SMILES string of the molecule is Brc1ccc2c(c1)N1CCCC1C2. The van der Waals surface area contributed by atoms with Gasteiger partial charge < -0.3 is 4.90 Å². The Balaban J connectivity index is 2.09. The van der Waals surface area contributed by atoms with Gasteiger partial charge in [0, 0.05) is 22.7 Å². The van der Waals surface area contributed by atoms with E-state index in [2.05, 4.69) is 39.0 Å². The summed E-state index contributed by atoms with van der Waals surface area (Å²) in [6, 6.07) is 7.49. The molecule has 0 bridgehead atoms. The largest absolute Gasteiger partial charge is 0.368 e. The Morgan fingerprint density at radius 3 is 3.23 bits per heavy atom. The van der Waals surface area contributed by atoms with Crippen LogP contribution in [-0.2, 0) is 6.42 Å². The first-order chi connectivity index (χ1) is 6.34. The van der Waals surface area contributed by atoms with Gasteiger partial charge in [-0.25, -0.2) is 0 Å². The van der Waals surface area contributed by atoms with Gasteiger partial charge in [0.15, 0.2) is 0 Å². The maximum Gasteiger partial charge on any atom is 0.0413 e. The van der Waals surface area contributed by atoms with Crippen molar-refractivity contribution in [2.75, 3.05) is 11.4 Å². The highest BCUT2D eigenvalue weighted by Gasteiger charge is 2.32. The highest BCUT2D eigenvalue weighted by atomic mass is 79.9. The van der Waals surface area contributed by atoms with Crippen molar-refractivity contribution in [2.24, 2.45) is 0 Å². The lowest BCUT2D eigenvalue weighted by Gasteiger charge is -2.18. The third kappa shape index (κ3) is 1.12. The van der Waals surface area contributed by atoms with E-state index in [9.17, 15) is 0 Å². The summed E-state index contributed by atoms with van der Waals surface area (Å²) in [5.74, 6) is 0. The summed E-state index contributed by atoms with van der Waals surface area (Å²) in [7, 11) is 0. The molecule has 2 aliphatic heterocycles. The molecular formula is C11H12BrN. The second kappa shape index (κ2) is 2.74. The van der Waals surface area contributed by atoms with Gasteiger partial charge in [0.05, 0.1) is 0 Å². The average molecular weight is 238 g/mol. The Hall–Kier alpha value is -0.500. The molecular weight excluding hydrogens is 226 g/mol. The van der Waals surface area contributed by atoms with Crippen LogP contribution < -0.4 is 4.90 Å². The summed E-state index contributed by atoms with van der Waals surface area (Å²) in [5.41, 5.74) is 3.00. The number of rotatable bonds is 0. The van der Waals surface area contributed by atoms with Crippen LogP contribution >= 0.6 is 15.9 Å². The smallest absolute Gasteiger partial charge is 0.0413 e. The van der Waals surface area contributed by atoms with Gasteiger partial charge in [0.25, 0.3) is 0 Å². The predicted molar refractivity (Wildman–Crippen MR) is 58.2 cm³/mol. The van der Waals surface area contributed by atoms with Crippen LogP contribution in [-0.4, -0.2) is 12.6 Å². The fourth-order valence-corrected chi connectivity index (χ4v) is 2.94. The lowest BCUT2D eigenvalue weighted by atomic mass is 10.1. The van der Waals surface area contributed by atoms with Gasteiger partial charge in [-0.1, -0.05) is 22.0 Å². The zero-order valence-corrected chi connectivity index (χ0v) is 9.05. The zero-order chi connectivity index (χ0) is 8.84. The van der Waals surface area contributed by atoms with Crippen molar-refractivity contribution in [3.05, 3.63) is 28.2 Å². The molecule has 2 heteroatoms. The van der Waals surface area contributed by atoms with Crippen LogP contribution in [0.2, 0.25) is 0 Å². The molecule has 0 radical (unpaired) electrons. The summed E-state index contributed by atoms with van der Waals surface area (Å²) < 4.78 is 1.21. The minimum atomic E-state index is 0.810. The molecule has 68 valence electrons. The summed E-state index contributed by atoms with van der Waals surface area (Å²) in [5, 5.41) is 0. The molecule has 13 heavy (non-hydrogen) atoms. The molecule has 0 amide bonds. The van der Waals surface area contributed by atoms with Gasteiger partial charge in [0.2, 0.25) is 0 Å². The number of hydrogen-bond donors (Lipinski definition) is 0. The van der Waals surface area contributed by atoms with Gasteiger partial charge in [0.1, 0.15) is 0 Å². The monoisotopic (exact) mass is 237 g/mol. The molecule has 0 aromatic heterocycles. The van der Waals surface area contributed by atoms with Crippen LogP contribution in [0.5, 0.6) is 0 Å². The maximum absolute atomic E-state index is 3.54. The van der Waals surface area contributed by atoms with Crippen LogP contribution in [0.3, 0.4) is 0 Å². The predicted octanol–water partition coefficient (Wildman–Crippen LogP) is 2.97. The normalized spacial score (nSPS) is 24.7. The van der Waals surface area contributed by atoms with E-state index in [1.54, 1.807) is 0 Å². The van der Waals surface area contributed by atoms with Gasteiger partial charge in [-0.05, 0) is 37.0 Å². The molecule has 1 fully saturated rings. The summed E-state index contributed by atoms with van der Waals surface area (Å²) >= 11 is 3.54. The molecule has 1 aromatic carbocycles. The van der Waals surface area contributed by atoms with Gasteiger partial charge in [-0.15, -0.1) is 0 Å². The van der Waals surface area contributed by atoms with Crippen molar-refractivity contribution in [2.45, 2.75) is 25.3 Å². The van der Waals surface area contributed by atoms with E-state index in [4.69, 9.17) is 0 Å². The number of fused-ring (bicyclic) bond motifs is 3. The minimum absolute atomic E-state index is 0.810. The number of halogens is 1. The first kappa shape index (κ1) is 7.86. The fraction of sp³-hybridized carbons (Fsp3) is 0.455. The molecule has 2 aliphatic rings. The lowest BCUT2D eigenvalue weighted by molar-refractivity contribution is 0.703. The summed E-state index contributed by atoms with van der Waals surface area (Å²) in [4.78, 5) is 2.57. The van der Waals surface area contributed by atoms with Gasteiger partial charge in [-0.2, -0.15) is 0 Å². The van der Waals surface area contributed by atoms with Crippen LogP contribution in [0, 0.1) is 0 Å². The number of hydrogen-bond acceptors (Lipinski definition) is 1. The number of anilines is 1. The van der Waals surface area contributed by atoms with Crippen LogP contribution in [0.1, 0.15) is 18.4 Å². The molecule has 0 N–H and O–H groups in total. The minimum Gasteiger partial charge on any atom is -0.368 e. The third-order valence-electron chi connectivity index (χ3n) is 3.19. The van der Waals surface area contributed by atoms with Gasteiger partial charge in [-0.3, -0.25) is 0 Å². The first-order valence-electron chi connectivity index (χ1n) is 4.90. The van der Waals surface area contributed by atoms with Crippen molar-refractivity contribution >= 4 is 21.6 Å². The third-order valence-corrected chi connectivity index (χ3v) is 3.68. The summed E-state index contributed by atoms with van der Waals surface area (Å²) in [6.07, 6.45) is 4.02. The first-order valence-corrected chi connectivity index (χ1v) is 5.69. The Bertz CT molecular complexity index is 348. The molecule has 1 unspecified atom stereocenters. The van der Waals surface area contributed by atoms with E-state index in [1.807, 2.05) is 0 Å². The van der Waals surface area contributed by atoms with E-state index in [1.165, 1.54) is 41.5 Å². The molecule has 3 rings (SSSR count). The summed E-state index contributed by atoms with van der Waals surface area (Å²) in [6.45, 7) is 1.26. The van der Waals surface area contributed by atoms with Crippen LogP contribution in [0.4, 0.5) is 5.69 Å². The van der Waals surface area contributed by atoms with Crippen molar-refractivity contribution in [3.8, 4) is 0 Å². The zero-order valence-electron chi connectivity index (χ0n) is 7.46. The van der Waals surface area contributed by atoms with E-state index < -0.39 is 0 Å². The number of nitrogens with zero attached hydrogens (tertiary/aromatic N) is 1. The lowest BCUT2D eigenvalue weighted by Crippen LogP contribution is -2.24. The van der Waals surface area contributed by atoms with Crippen LogP contribution in [0.15, 0.2) is 22.7 Å². The quantitative estimate of drug-likeness (QED) is 0.671. The van der Waals surface area contributed by atoms with E-state index in [0.717, 1.165) is 6.04 Å². The maximum atomic E-state index is 3.54. The Kier molecular flexibility index (Phi) is 1.66. The van der Waals surface area contributed by atoms with Crippen LogP contribution in [0.25, 0.3) is 0 Å². The molecule has 0 aliphatic carbocycles. The molecule has 0 spiro atoms. The van der Waals surface area contributed by atoms with Crippen molar-refractivity contribution < 1.29 is 0 Å². The topological polar surface area (TPSA) is 3.24 Å². The highest BCUT2D eigenvalue weighted by molar-refractivity contribution is 9.10. The van der Waals surface area contributed by atoms with Crippen molar-refractivity contribution in [1.29, 1.82) is 0 Å². The highest BCUT2D eigenvalue weighted by Crippen LogP contribution is 2.38. The second-order valence-corrected chi connectivity index (χ2v) is 4.88. The van der Waals surface area contributed by atoms with Crippen molar-refractivity contribution in [3.63, 3.8) is 0 Å².